The van der Waals surface area contributed by atoms with Gasteiger partial charge in [-0.05, 0) is 60.4 Å². The molecule has 4 N–H and O–H groups in total. The molecule has 0 unspecified atom stereocenters. The first-order chi connectivity index (χ1) is 9.13. The fourth-order valence-electron chi connectivity index (χ4n) is 2.07. The third-order valence-electron chi connectivity index (χ3n) is 3.15. The third kappa shape index (κ3) is 2.99. The molecule has 0 radical (unpaired) electrons. The number of anilines is 2. The van der Waals surface area contributed by atoms with Crippen LogP contribution in [0.25, 0.3) is 0 Å². The zero-order valence-corrected chi connectivity index (χ0v) is 11.4. The van der Waals surface area contributed by atoms with Gasteiger partial charge in [0.05, 0.1) is 0 Å². The van der Waals surface area contributed by atoms with E-state index in [4.69, 9.17) is 16.2 Å². The molecule has 3 heteroatoms. The molecule has 0 bridgehead atoms. The molecule has 100 valence electrons. The first-order valence-corrected chi connectivity index (χ1v) is 6.58. The molecular weight excluding hydrogens is 236 g/mol. The average molecular weight is 256 g/mol. The van der Waals surface area contributed by atoms with Crippen LogP contribution in [0, 0.1) is 0 Å². The molecule has 3 nitrogen and oxygen atoms in total. The van der Waals surface area contributed by atoms with E-state index in [9.17, 15) is 0 Å². The van der Waals surface area contributed by atoms with Gasteiger partial charge in [0.1, 0.15) is 11.5 Å². The van der Waals surface area contributed by atoms with E-state index in [1.54, 1.807) is 0 Å². The topological polar surface area (TPSA) is 61.3 Å². The lowest BCUT2D eigenvalue weighted by Gasteiger charge is -2.14. The molecule has 0 saturated carbocycles. The Balaban J connectivity index is 2.36. The maximum atomic E-state index is 6.02. The Bertz CT molecular complexity index is 527. The van der Waals surface area contributed by atoms with Crippen LogP contribution in [-0.2, 0) is 12.8 Å². The maximum absolute atomic E-state index is 6.02. The highest BCUT2D eigenvalue weighted by Crippen LogP contribution is 2.31. The highest BCUT2D eigenvalue weighted by atomic mass is 16.5. The number of nitrogen functional groups attached to an aromatic ring is 2. The van der Waals surface area contributed by atoms with Crippen molar-refractivity contribution in [2.75, 3.05) is 11.5 Å². The fraction of sp³-hybridized carbons (Fsp3) is 0.250. The van der Waals surface area contributed by atoms with Crippen LogP contribution in [0.15, 0.2) is 36.4 Å². The number of nitrogens with two attached hydrogens (primary N) is 2. The van der Waals surface area contributed by atoms with Crippen molar-refractivity contribution in [3.05, 3.63) is 47.5 Å². The van der Waals surface area contributed by atoms with Crippen LogP contribution in [0.5, 0.6) is 11.5 Å². The van der Waals surface area contributed by atoms with Gasteiger partial charge in [0.25, 0.3) is 0 Å². The molecule has 0 aromatic heterocycles. The van der Waals surface area contributed by atoms with Gasteiger partial charge in [0.15, 0.2) is 0 Å². The van der Waals surface area contributed by atoms with Gasteiger partial charge in [-0.15, -0.1) is 0 Å². The second kappa shape index (κ2) is 5.65. The minimum atomic E-state index is 0.761. The summed E-state index contributed by atoms with van der Waals surface area (Å²) in [6, 6.07) is 11.5. The summed E-state index contributed by atoms with van der Waals surface area (Å²) in [6.45, 7) is 4.18. The van der Waals surface area contributed by atoms with Gasteiger partial charge in [-0.3, -0.25) is 0 Å². The lowest BCUT2D eigenvalue weighted by molar-refractivity contribution is 0.471. The molecule has 0 aliphatic carbocycles. The SMILES string of the molecule is CCc1cc(N)ccc1Oc1ccc(N)cc1CC. The molecule has 0 aliphatic heterocycles. The van der Waals surface area contributed by atoms with Crippen molar-refractivity contribution in [3.63, 3.8) is 0 Å². The van der Waals surface area contributed by atoms with Gasteiger partial charge >= 0.3 is 0 Å². The van der Waals surface area contributed by atoms with Crippen molar-refractivity contribution in [1.82, 2.24) is 0 Å². The Morgan fingerprint density at radius 3 is 1.58 bits per heavy atom. The van der Waals surface area contributed by atoms with Gasteiger partial charge in [0, 0.05) is 11.4 Å². The first-order valence-electron chi connectivity index (χ1n) is 6.58. The van der Waals surface area contributed by atoms with E-state index in [1.165, 1.54) is 0 Å². The molecular formula is C16H20N2O. The number of hydrogen-bond donors (Lipinski definition) is 2. The van der Waals surface area contributed by atoms with Crippen molar-refractivity contribution < 1.29 is 4.74 Å². The molecule has 0 aliphatic rings. The number of benzene rings is 2. The minimum Gasteiger partial charge on any atom is -0.457 e. The van der Waals surface area contributed by atoms with E-state index in [2.05, 4.69) is 13.8 Å². The van der Waals surface area contributed by atoms with Crippen LogP contribution in [0.4, 0.5) is 11.4 Å². The highest BCUT2D eigenvalue weighted by Gasteiger charge is 2.07. The quantitative estimate of drug-likeness (QED) is 0.818. The number of ether oxygens (including phenoxy) is 1. The molecule has 0 saturated heterocycles. The Morgan fingerprint density at radius 1 is 0.789 bits per heavy atom. The van der Waals surface area contributed by atoms with Crippen molar-refractivity contribution in [2.24, 2.45) is 0 Å². The second-order valence-electron chi connectivity index (χ2n) is 4.54. The third-order valence-corrected chi connectivity index (χ3v) is 3.15. The lowest BCUT2D eigenvalue weighted by atomic mass is 10.1. The van der Waals surface area contributed by atoms with Crippen molar-refractivity contribution >= 4 is 11.4 Å². The largest absolute Gasteiger partial charge is 0.457 e. The monoisotopic (exact) mass is 256 g/mol. The molecule has 0 heterocycles. The molecule has 2 aromatic carbocycles. The van der Waals surface area contributed by atoms with Crippen LogP contribution in [0.3, 0.4) is 0 Å². The summed E-state index contributed by atoms with van der Waals surface area (Å²) >= 11 is 0. The molecule has 2 aromatic rings. The zero-order chi connectivity index (χ0) is 13.8. The Kier molecular flexibility index (Phi) is 3.95. The lowest BCUT2D eigenvalue weighted by Crippen LogP contribution is -1.96. The summed E-state index contributed by atoms with van der Waals surface area (Å²) in [5.41, 5.74) is 15.3. The summed E-state index contributed by atoms with van der Waals surface area (Å²) < 4.78 is 6.02. The van der Waals surface area contributed by atoms with Crippen molar-refractivity contribution in [3.8, 4) is 11.5 Å². The van der Waals surface area contributed by atoms with Gasteiger partial charge in [-0.25, -0.2) is 0 Å². The van der Waals surface area contributed by atoms with Gasteiger partial charge in [-0.1, -0.05) is 13.8 Å². The number of rotatable bonds is 4. The van der Waals surface area contributed by atoms with Crippen LogP contribution >= 0.6 is 0 Å². The summed E-state index contributed by atoms with van der Waals surface area (Å²) in [5, 5.41) is 0. The Morgan fingerprint density at radius 2 is 1.21 bits per heavy atom. The predicted octanol–water partition coefficient (Wildman–Crippen LogP) is 3.77. The average Bonchev–Trinajstić information content (AvgIpc) is 2.42. The molecule has 0 spiro atoms. The van der Waals surface area contributed by atoms with Crippen LogP contribution in [0.2, 0.25) is 0 Å². The Hall–Kier alpha value is -2.16. The van der Waals surface area contributed by atoms with E-state index >= 15 is 0 Å². The second-order valence-corrected chi connectivity index (χ2v) is 4.54. The predicted molar refractivity (Wildman–Crippen MR) is 80.5 cm³/mol. The summed E-state index contributed by atoms with van der Waals surface area (Å²) in [5.74, 6) is 1.72. The van der Waals surface area contributed by atoms with E-state index in [-0.39, 0.29) is 0 Å². The normalized spacial score (nSPS) is 10.4. The first kappa shape index (κ1) is 13.3. The van der Waals surface area contributed by atoms with Gasteiger partial charge in [-0.2, -0.15) is 0 Å². The number of aryl methyl sites for hydroxylation is 2. The highest BCUT2D eigenvalue weighted by molar-refractivity contribution is 5.52. The van der Waals surface area contributed by atoms with E-state index in [0.717, 1.165) is 46.8 Å². The maximum Gasteiger partial charge on any atom is 0.130 e. The van der Waals surface area contributed by atoms with Crippen LogP contribution < -0.4 is 16.2 Å². The van der Waals surface area contributed by atoms with Crippen molar-refractivity contribution in [2.45, 2.75) is 26.7 Å². The van der Waals surface area contributed by atoms with Gasteiger partial charge < -0.3 is 16.2 Å². The van der Waals surface area contributed by atoms with Crippen LogP contribution in [0.1, 0.15) is 25.0 Å². The molecule has 0 atom stereocenters. The standard InChI is InChI=1S/C16H20N2O/c1-3-11-9-13(17)5-7-15(11)19-16-8-6-14(18)10-12(16)4-2/h5-10H,3-4,17-18H2,1-2H3. The number of hydrogen-bond acceptors (Lipinski definition) is 3. The minimum absolute atomic E-state index is 0.761. The van der Waals surface area contributed by atoms with Gasteiger partial charge in [0.2, 0.25) is 0 Å². The summed E-state index contributed by atoms with van der Waals surface area (Å²) in [6.07, 6.45) is 1.77. The van der Waals surface area contributed by atoms with E-state index in [1.807, 2.05) is 36.4 Å². The molecule has 19 heavy (non-hydrogen) atoms. The van der Waals surface area contributed by atoms with Crippen molar-refractivity contribution in [1.29, 1.82) is 0 Å². The van der Waals surface area contributed by atoms with E-state index < -0.39 is 0 Å². The smallest absolute Gasteiger partial charge is 0.130 e. The van der Waals surface area contributed by atoms with Crippen LogP contribution in [-0.4, -0.2) is 0 Å². The zero-order valence-electron chi connectivity index (χ0n) is 11.4. The Labute approximate surface area is 114 Å². The molecule has 0 fully saturated rings. The molecule has 0 amide bonds. The summed E-state index contributed by atoms with van der Waals surface area (Å²) in [4.78, 5) is 0. The van der Waals surface area contributed by atoms with E-state index in [0.29, 0.717) is 0 Å². The summed E-state index contributed by atoms with van der Waals surface area (Å²) in [7, 11) is 0. The molecule has 2 rings (SSSR count). The fourth-order valence-corrected chi connectivity index (χ4v) is 2.07.